The van der Waals surface area contributed by atoms with E-state index < -0.39 is 11.6 Å². The van der Waals surface area contributed by atoms with Gasteiger partial charge in [0.15, 0.2) is 0 Å². The molecule has 0 aromatic rings. The largest absolute Gasteiger partial charge is 0.443 e. The van der Waals surface area contributed by atoms with E-state index in [0.717, 1.165) is 0 Å². The van der Waals surface area contributed by atoms with Crippen LogP contribution in [0.5, 0.6) is 0 Å². The lowest BCUT2D eigenvalue weighted by Gasteiger charge is -2.04. The maximum Gasteiger partial charge on any atom is 0.257 e. The normalized spacial score (nSPS) is 40.4. The molecule has 0 aliphatic carbocycles. The average Bonchev–Trinajstić information content (AvgIpc) is 2.14. The van der Waals surface area contributed by atoms with Crippen LogP contribution in [0.25, 0.3) is 0 Å². The second-order valence-electron chi connectivity index (χ2n) is 2.36. The van der Waals surface area contributed by atoms with Crippen molar-refractivity contribution in [3.63, 3.8) is 0 Å². The van der Waals surface area contributed by atoms with Crippen LogP contribution >= 0.6 is 11.8 Å². The van der Waals surface area contributed by atoms with Crippen LogP contribution in [0.1, 0.15) is 6.42 Å². The van der Waals surface area contributed by atoms with Gasteiger partial charge in [-0.25, -0.2) is 4.39 Å². The molecular weight excluding hydrogens is 154 g/mol. The molecule has 58 valence electrons. The van der Waals surface area contributed by atoms with Gasteiger partial charge in [-0.2, -0.15) is 0 Å². The summed E-state index contributed by atoms with van der Waals surface area (Å²) in [5, 5.41) is 9.06. The summed E-state index contributed by atoms with van der Waals surface area (Å²) in [5.74, 6) is 0. The average molecular weight is 164 g/mol. The van der Waals surface area contributed by atoms with E-state index in [0.29, 0.717) is 13.0 Å². The van der Waals surface area contributed by atoms with Crippen LogP contribution in [0.2, 0.25) is 0 Å². The van der Waals surface area contributed by atoms with Gasteiger partial charge in [-0.15, -0.1) is 11.8 Å². The van der Waals surface area contributed by atoms with Gasteiger partial charge in [-0.1, -0.05) is 0 Å². The highest BCUT2D eigenvalue weighted by atomic mass is 32.2. The molecule has 0 aromatic carbocycles. The van der Waals surface area contributed by atoms with Gasteiger partial charge < -0.3 is 9.76 Å². The number of thioether (sulfide) groups is 1. The number of hydrogen-bond acceptors (Lipinski definition) is 3. The number of aliphatic hydroxyl groups is 1. The van der Waals surface area contributed by atoms with Crippen LogP contribution < -0.4 is 0 Å². The first-order valence-electron chi connectivity index (χ1n) is 3.20. The summed E-state index contributed by atoms with van der Waals surface area (Å²) >= 11 is 1.25. The van der Waals surface area contributed by atoms with Crippen molar-refractivity contribution < 1.29 is 14.2 Å². The van der Waals surface area contributed by atoms with Crippen molar-refractivity contribution in [3.8, 4) is 0 Å². The van der Waals surface area contributed by atoms with Crippen molar-refractivity contribution in [1.29, 1.82) is 0 Å². The first-order chi connectivity index (χ1) is 4.74. The lowest BCUT2D eigenvalue weighted by atomic mass is 10.2. The van der Waals surface area contributed by atoms with Gasteiger partial charge in [0.25, 0.3) is 8.05 Å². The monoisotopic (exact) mass is 164 g/mol. The molecule has 0 bridgehead atoms. The Kier molecular flexibility index (Phi) is 3.01. The van der Waals surface area contributed by atoms with E-state index in [4.69, 9.17) is 9.76 Å². The topological polar surface area (TPSA) is 29.5 Å². The van der Waals surface area contributed by atoms with Gasteiger partial charge >= 0.3 is 0 Å². The van der Waals surface area contributed by atoms with E-state index in [9.17, 15) is 4.39 Å². The highest BCUT2D eigenvalue weighted by Gasteiger charge is 2.33. The second-order valence-corrected chi connectivity index (χ2v) is 3.78. The standard InChI is InChI=1S/C5H10BFO2S/c6-9-2-3-1-4(7)5(8)10-3/h3-5,8H,1-2,6H2/t3-,4-,5?/m0/s1. The minimum Gasteiger partial charge on any atom is -0.443 e. The smallest absolute Gasteiger partial charge is 0.257 e. The molecule has 5 heteroatoms. The molecule has 0 spiro atoms. The summed E-state index contributed by atoms with van der Waals surface area (Å²) < 4.78 is 17.4. The fourth-order valence-electron chi connectivity index (χ4n) is 0.999. The van der Waals surface area contributed by atoms with Crippen LogP contribution in [0.15, 0.2) is 0 Å². The van der Waals surface area contributed by atoms with E-state index in [-0.39, 0.29) is 5.25 Å². The molecule has 1 aliphatic heterocycles. The summed E-state index contributed by atoms with van der Waals surface area (Å²) in [6.45, 7) is 0.530. The van der Waals surface area contributed by atoms with Crippen molar-refractivity contribution in [2.45, 2.75) is 23.3 Å². The highest BCUT2D eigenvalue weighted by molar-refractivity contribution is 8.00. The lowest BCUT2D eigenvalue weighted by molar-refractivity contribution is 0.152. The molecule has 0 radical (unpaired) electrons. The van der Waals surface area contributed by atoms with Gasteiger partial charge in [0.05, 0.1) is 0 Å². The molecule has 1 aliphatic rings. The van der Waals surface area contributed by atoms with Crippen molar-refractivity contribution in [2.75, 3.05) is 6.61 Å². The van der Waals surface area contributed by atoms with E-state index in [1.165, 1.54) is 11.8 Å². The zero-order valence-electron chi connectivity index (χ0n) is 5.79. The van der Waals surface area contributed by atoms with Crippen LogP contribution in [0.4, 0.5) is 4.39 Å². The number of rotatable bonds is 2. The van der Waals surface area contributed by atoms with Crippen molar-refractivity contribution >= 4 is 19.8 Å². The van der Waals surface area contributed by atoms with Crippen LogP contribution in [-0.4, -0.2) is 36.6 Å². The van der Waals surface area contributed by atoms with Gasteiger partial charge in [-0.3, -0.25) is 0 Å². The third-order valence-electron chi connectivity index (χ3n) is 1.48. The molecule has 1 fully saturated rings. The molecule has 3 atom stereocenters. The quantitative estimate of drug-likeness (QED) is 0.569. The van der Waals surface area contributed by atoms with E-state index >= 15 is 0 Å². The maximum absolute atomic E-state index is 12.6. The third kappa shape index (κ3) is 1.87. The lowest BCUT2D eigenvalue weighted by Crippen LogP contribution is -2.10. The van der Waals surface area contributed by atoms with Gasteiger partial charge in [0.1, 0.15) is 11.6 Å². The molecule has 0 aromatic heterocycles. The molecular formula is C5H10BFO2S. The van der Waals surface area contributed by atoms with Crippen molar-refractivity contribution in [2.24, 2.45) is 0 Å². The van der Waals surface area contributed by atoms with Crippen LogP contribution in [0, 0.1) is 0 Å². The minimum absolute atomic E-state index is 0.134. The van der Waals surface area contributed by atoms with Gasteiger partial charge in [-0.05, 0) is 6.42 Å². The molecule has 0 amide bonds. The van der Waals surface area contributed by atoms with Crippen molar-refractivity contribution in [3.05, 3.63) is 0 Å². The Morgan fingerprint density at radius 1 is 1.80 bits per heavy atom. The Morgan fingerprint density at radius 3 is 2.90 bits per heavy atom. The summed E-state index contributed by atoms with van der Waals surface area (Å²) in [6.07, 6.45) is -0.648. The fourth-order valence-corrected chi connectivity index (χ4v) is 2.18. The maximum atomic E-state index is 12.6. The number of aliphatic hydroxyl groups excluding tert-OH is 1. The van der Waals surface area contributed by atoms with Gasteiger partial charge in [0.2, 0.25) is 0 Å². The Morgan fingerprint density at radius 2 is 2.50 bits per heavy atom. The molecule has 1 unspecified atom stereocenters. The van der Waals surface area contributed by atoms with E-state index in [2.05, 4.69) is 0 Å². The first kappa shape index (κ1) is 8.36. The fraction of sp³-hybridized carbons (Fsp3) is 1.00. The Bertz CT molecular complexity index is 106. The molecule has 0 saturated carbocycles. The minimum atomic E-state index is -1.06. The van der Waals surface area contributed by atoms with E-state index in [1.54, 1.807) is 8.05 Å². The molecule has 1 rings (SSSR count). The predicted octanol–water partition coefficient (Wildman–Crippen LogP) is -0.287. The summed E-state index contributed by atoms with van der Waals surface area (Å²) in [4.78, 5) is 0. The molecule has 10 heavy (non-hydrogen) atoms. The summed E-state index contributed by atoms with van der Waals surface area (Å²) in [5.41, 5.74) is -0.833. The van der Waals surface area contributed by atoms with Crippen LogP contribution in [-0.2, 0) is 4.65 Å². The zero-order chi connectivity index (χ0) is 7.56. The highest BCUT2D eigenvalue weighted by Crippen LogP contribution is 2.34. The first-order valence-corrected chi connectivity index (χ1v) is 4.15. The second kappa shape index (κ2) is 3.60. The predicted molar refractivity (Wildman–Crippen MR) is 41.4 cm³/mol. The Hall–Kier alpha value is 0.265. The summed E-state index contributed by atoms with van der Waals surface area (Å²) in [6, 6.07) is 0. The van der Waals surface area contributed by atoms with Crippen molar-refractivity contribution in [1.82, 2.24) is 0 Å². The van der Waals surface area contributed by atoms with E-state index in [1.807, 2.05) is 0 Å². The summed E-state index contributed by atoms with van der Waals surface area (Å²) in [7, 11) is 1.58. The SMILES string of the molecule is BOC[C@@H]1C[C@H](F)C(O)S1. The molecule has 2 nitrogen and oxygen atoms in total. The zero-order valence-corrected chi connectivity index (χ0v) is 6.60. The molecule has 1 N–H and O–H groups in total. The molecule has 1 heterocycles. The number of hydrogen-bond donors (Lipinski definition) is 1. The Labute approximate surface area is 64.6 Å². The number of halogens is 1. The number of alkyl halides is 1. The third-order valence-corrected chi connectivity index (χ3v) is 2.77. The molecule has 1 saturated heterocycles. The Balaban J connectivity index is 2.27. The van der Waals surface area contributed by atoms with Gasteiger partial charge in [0, 0.05) is 11.9 Å². The van der Waals surface area contributed by atoms with Crippen LogP contribution in [0.3, 0.4) is 0 Å².